The lowest BCUT2D eigenvalue weighted by atomic mass is 10.4. The molecule has 2 rings (SSSR count). The fraction of sp³-hybridized carbons (Fsp3) is 0.250. The van der Waals surface area contributed by atoms with Gasteiger partial charge in [0, 0.05) is 25.0 Å². The van der Waals surface area contributed by atoms with Gasteiger partial charge in [0.2, 0.25) is 11.8 Å². The Bertz CT molecular complexity index is 351. The maximum absolute atomic E-state index is 11.2. The van der Waals surface area contributed by atoms with Gasteiger partial charge in [0.25, 0.3) is 11.8 Å². The number of nitrogens with zero attached hydrogens (tertiary/aromatic N) is 2. The van der Waals surface area contributed by atoms with E-state index in [0.29, 0.717) is 10.0 Å². The maximum atomic E-state index is 11.2. The molecule has 6 nitrogen and oxygen atoms in total. The minimum atomic E-state index is -0.654. The average molecular weight is 194 g/mol. The van der Waals surface area contributed by atoms with E-state index in [1.807, 2.05) is 0 Å². The highest BCUT2D eigenvalue weighted by molar-refractivity contribution is 6.16. The maximum Gasteiger partial charge on any atom is 0.273 e. The Kier molecular flexibility index (Phi) is 1.70. The third-order valence-electron chi connectivity index (χ3n) is 2.01. The van der Waals surface area contributed by atoms with Gasteiger partial charge >= 0.3 is 0 Å². The molecule has 0 radical (unpaired) electrons. The Balaban J connectivity index is 2.31. The molecule has 0 atom stereocenters. The zero-order valence-corrected chi connectivity index (χ0v) is 7.10. The summed E-state index contributed by atoms with van der Waals surface area (Å²) in [5.41, 5.74) is 0. The summed E-state index contributed by atoms with van der Waals surface area (Å²) in [6.07, 6.45) is 2.16. The van der Waals surface area contributed by atoms with E-state index in [0.717, 1.165) is 12.2 Å². The standard InChI is InChI=1S/C8H6N2O4/c11-5-1-2-6(12)9(5)10-7(13)3-4-8(10)14/h1-2H,3-4H2. The first-order valence-corrected chi connectivity index (χ1v) is 4.03. The van der Waals surface area contributed by atoms with E-state index in [9.17, 15) is 19.2 Å². The van der Waals surface area contributed by atoms with Crippen LogP contribution >= 0.6 is 0 Å². The summed E-state index contributed by atoms with van der Waals surface area (Å²) >= 11 is 0. The van der Waals surface area contributed by atoms with Crippen LogP contribution in [-0.4, -0.2) is 33.6 Å². The third kappa shape index (κ3) is 1.04. The Morgan fingerprint density at radius 1 is 0.786 bits per heavy atom. The zero-order chi connectivity index (χ0) is 10.3. The molecule has 1 fully saturated rings. The van der Waals surface area contributed by atoms with Crippen LogP contribution in [0.3, 0.4) is 0 Å². The molecule has 0 saturated carbocycles. The Hall–Kier alpha value is -1.98. The summed E-state index contributed by atoms with van der Waals surface area (Å²) in [6, 6.07) is 0. The number of imide groups is 2. The minimum absolute atomic E-state index is 0.0515. The molecule has 0 unspecified atom stereocenters. The number of hydrogen-bond acceptors (Lipinski definition) is 4. The van der Waals surface area contributed by atoms with Gasteiger partial charge < -0.3 is 0 Å². The van der Waals surface area contributed by atoms with Crippen molar-refractivity contribution < 1.29 is 19.2 Å². The molecule has 72 valence electrons. The quantitative estimate of drug-likeness (QED) is 0.500. The Labute approximate surface area is 78.7 Å². The normalized spacial score (nSPS) is 21.7. The van der Waals surface area contributed by atoms with Gasteiger partial charge in [-0.1, -0.05) is 0 Å². The second-order valence-electron chi connectivity index (χ2n) is 2.92. The molecule has 0 aromatic heterocycles. The second kappa shape index (κ2) is 2.76. The monoisotopic (exact) mass is 194 g/mol. The predicted octanol–water partition coefficient (Wildman–Crippen LogP) is -1.02. The molecule has 2 aliphatic heterocycles. The zero-order valence-electron chi connectivity index (χ0n) is 7.10. The minimum Gasteiger partial charge on any atom is -0.272 e. The van der Waals surface area contributed by atoms with Crippen molar-refractivity contribution in [1.29, 1.82) is 0 Å². The van der Waals surface area contributed by atoms with Crippen LogP contribution in [0.15, 0.2) is 12.2 Å². The third-order valence-corrected chi connectivity index (χ3v) is 2.01. The van der Waals surface area contributed by atoms with Crippen LogP contribution in [0.25, 0.3) is 0 Å². The summed E-state index contributed by atoms with van der Waals surface area (Å²) < 4.78 is 0. The van der Waals surface area contributed by atoms with Gasteiger partial charge in [0.05, 0.1) is 0 Å². The predicted molar refractivity (Wildman–Crippen MR) is 42.1 cm³/mol. The summed E-state index contributed by atoms with van der Waals surface area (Å²) in [5.74, 6) is -2.34. The molecule has 2 heterocycles. The second-order valence-corrected chi connectivity index (χ2v) is 2.92. The van der Waals surface area contributed by atoms with Crippen molar-refractivity contribution in [2.75, 3.05) is 0 Å². The molecule has 0 aromatic rings. The van der Waals surface area contributed by atoms with Crippen molar-refractivity contribution in [1.82, 2.24) is 10.0 Å². The fourth-order valence-corrected chi connectivity index (χ4v) is 1.38. The molecular formula is C8H6N2O4. The Morgan fingerprint density at radius 2 is 1.21 bits per heavy atom. The van der Waals surface area contributed by atoms with Gasteiger partial charge in [-0.25, -0.2) is 0 Å². The van der Waals surface area contributed by atoms with Crippen LogP contribution in [0.1, 0.15) is 12.8 Å². The summed E-state index contributed by atoms with van der Waals surface area (Å²) in [6.45, 7) is 0. The summed E-state index contributed by atoms with van der Waals surface area (Å²) in [7, 11) is 0. The smallest absolute Gasteiger partial charge is 0.272 e. The summed E-state index contributed by atoms with van der Waals surface area (Å²) in [5, 5.41) is 1.18. The van der Waals surface area contributed by atoms with E-state index < -0.39 is 23.6 Å². The number of carbonyl (C=O) groups is 4. The van der Waals surface area contributed by atoms with Gasteiger partial charge in [0.15, 0.2) is 0 Å². The largest absolute Gasteiger partial charge is 0.273 e. The molecule has 1 saturated heterocycles. The number of hydrogen-bond donors (Lipinski definition) is 0. The van der Waals surface area contributed by atoms with Crippen molar-refractivity contribution in [3.8, 4) is 0 Å². The lowest BCUT2D eigenvalue weighted by Crippen LogP contribution is -2.49. The van der Waals surface area contributed by atoms with Crippen LogP contribution in [0.5, 0.6) is 0 Å². The highest BCUT2D eigenvalue weighted by Crippen LogP contribution is 2.18. The van der Waals surface area contributed by atoms with Gasteiger partial charge in [-0.05, 0) is 0 Å². The van der Waals surface area contributed by atoms with Crippen LogP contribution in [0, 0.1) is 0 Å². The first-order valence-electron chi connectivity index (χ1n) is 4.03. The van der Waals surface area contributed by atoms with E-state index >= 15 is 0 Å². The van der Waals surface area contributed by atoms with Crippen LogP contribution in [-0.2, 0) is 19.2 Å². The molecule has 0 bridgehead atoms. The molecule has 0 N–H and O–H groups in total. The topological polar surface area (TPSA) is 74.8 Å². The number of carbonyl (C=O) groups excluding carboxylic acids is 4. The van der Waals surface area contributed by atoms with Crippen molar-refractivity contribution in [2.24, 2.45) is 0 Å². The van der Waals surface area contributed by atoms with Crippen LogP contribution < -0.4 is 0 Å². The van der Waals surface area contributed by atoms with Crippen LogP contribution in [0.4, 0.5) is 0 Å². The van der Waals surface area contributed by atoms with Crippen LogP contribution in [0.2, 0.25) is 0 Å². The SMILES string of the molecule is O=C1C=CC(=O)N1N1C(=O)CCC1=O. The summed E-state index contributed by atoms with van der Waals surface area (Å²) in [4.78, 5) is 44.7. The van der Waals surface area contributed by atoms with E-state index in [2.05, 4.69) is 0 Å². The average Bonchev–Trinajstić information content (AvgIpc) is 2.60. The van der Waals surface area contributed by atoms with Gasteiger partial charge in [-0.15, -0.1) is 0 Å². The van der Waals surface area contributed by atoms with E-state index in [4.69, 9.17) is 0 Å². The molecule has 4 amide bonds. The lowest BCUT2D eigenvalue weighted by Gasteiger charge is -2.22. The fourth-order valence-electron chi connectivity index (χ4n) is 1.38. The first-order chi connectivity index (χ1) is 6.61. The highest BCUT2D eigenvalue weighted by atomic mass is 16.2. The van der Waals surface area contributed by atoms with Crippen molar-refractivity contribution >= 4 is 23.6 Å². The molecule has 0 aliphatic carbocycles. The van der Waals surface area contributed by atoms with Crippen molar-refractivity contribution in [2.45, 2.75) is 12.8 Å². The number of rotatable bonds is 1. The van der Waals surface area contributed by atoms with E-state index in [1.165, 1.54) is 0 Å². The molecule has 0 spiro atoms. The van der Waals surface area contributed by atoms with Crippen molar-refractivity contribution in [3.63, 3.8) is 0 Å². The van der Waals surface area contributed by atoms with Gasteiger partial charge in [0.1, 0.15) is 0 Å². The van der Waals surface area contributed by atoms with Crippen molar-refractivity contribution in [3.05, 3.63) is 12.2 Å². The lowest BCUT2D eigenvalue weighted by molar-refractivity contribution is -0.170. The first kappa shape index (κ1) is 8.61. The molecule has 0 aromatic carbocycles. The molecule has 14 heavy (non-hydrogen) atoms. The molecule has 6 heteroatoms. The Morgan fingerprint density at radius 3 is 1.64 bits per heavy atom. The van der Waals surface area contributed by atoms with Gasteiger partial charge in [-0.2, -0.15) is 10.0 Å². The van der Waals surface area contributed by atoms with Gasteiger partial charge in [-0.3, -0.25) is 19.2 Å². The molecule has 2 aliphatic rings. The highest BCUT2D eigenvalue weighted by Gasteiger charge is 2.40. The number of hydrazine groups is 1. The van der Waals surface area contributed by atoms with E-state index in [-0.39, 0.29) is 12.8 Å². The molecular weight excluding hydrogens is 188 g/mol. The van der Waals surface area contributed by atoms with E-state index in [1.54, 1.807) is 0 Å². The number of amides is 4.